The molecule has 1 saturated heterocycles. The van der Waals surface area contributed by atoms with Crippen LogP contribution in [0.15, 0.2) is 0 Å². The Hall–Kier alpha value is 0.390. The monoisotopic (exact) mass is 295 g/mol. The third kappa shape index (κ3) is 3.17. The van der Waals surface area contributed by atoms with Crippen LogP contribution >= 0.6 is 15.9 Å². The van der Waals surface area contributed by atoms with Crippen molar-refractivity contribution in [3.05, 3.63) is 0 Å². The molecule has 0 N–H and O–H groups in total. The highest BCUT2D eigenvalue weighted by atomic mass is 79.9. The summed E-state index contributed by atoms with van der Waals surface area (Å²) in [5.41, 5.74) is 0.466. The maximum Gasteiger partial charge on any atom is 0.151 e. The summed E-state index contributed by atoms with van der Waals surface area (Å²) in [6.45, 7) is 2.76. The number of rotatable bonds is 3. The first kappa shape index (κ1) is 11.9. The zero-order chi connectivity index (χ0) is 10.9. The molecular formula is C10H18BrNO2S. The van der Waals surface area contributed by atoms with Gasteiger partial charge in [-0.05, 0) is 31.2 Å². The summed E-state index contributed by atoms with van der Waals surface area (Å²) in [5.74, 6) is 0.732. The maximum atomic E-state index is 11.4. The van der Waals surface area contributed by atoms with Gasteiger partial charge in [-0.1, -0.05) is 15.9 Å². The minimum absolute atomic E-state index is 0.353. The van der Waals surface area contributed by atoms with Crippen molar-refractivity contribution in [2.24, 2.45) is 5.41 Å². The summed E-state index contributed by atoms with van der Waals surface area (Å²) in [5, 5.41) is 1.06. The molecule has 2 aliphatic rings. The highest BCUT2D eigenvalue weighted by molar-refractivity contribution is 9.09. The van der Waals surface area contributed by atoms with Crippen LogP contribution in [-0.2, 0) is 9.84 Å². The minimum atomic E-state index is -2.75. The molecule has 0 radical (unpaired) electrons. The van der Waals surface area contributed by atoms with Crippen LogP contribution in [0.1, 0.15) is 19.3 Å². The van der Waals surface area contributed by atoms with Crippen LogP contribution in [0, 0.1) is 5.41 Å². The Labute approximate surface area is 100 Å². The summed E-state index contributed by atoms with van der Waals surface area (Å²) in [7, 11) is -2.75. The summed E-state index contributed by atoms with van der Waals surface area (Å²) in [4.78, 5) is 2.33. The lowest BCUT2D eigenvalue weighted by atomic mass is 10.1. The van der Waals surface area contributed by atoms with Crippen molar-refractivity contribution in [3.63, 3.8) is 0 Å². The Kier molecular flexibility index (Phi) is 3.43. The fourth-order valence-corrected chi connectivity index (χ4v) is 4.18. The van der Waals surface area contributed by atoms with Crippen molar-refractivity contribution in [2.45, 2.75) is 19.3 Å². The first-order valence-corrected chi connectivity index (χ1v) is 8.48. The van der Waals surface area contributed by atoms with Crippen LogP contribution in [0.5, 0.6) is 0 Å². The van der Waals surface area contributed by atoms with Gasteiger partial charge in [-0.15, -0.1) is 0 Å². The van der Waals surface area contributed by atoms with Crippen molar-refractivity contribution in [3.8, 4) is 0 Å². The van der Waals surface area contributed by atoms with Gasteiger partial charge in [0.05, 0.1) is 11.5 Å². The summed E-state index contributed by atoms with van der Waals surface area (Å²) in [6.07, 6.45) is 3.39. The molecule has 0 spiro atoms. The fourth-order valence-electron chi connectivity index (χ4n) is 2.13. The molecule has 0 aromatic carbocycles. The van der Waals surface area contributed by atoms with Gasteiger partial charge < -0.3 is 4.90 Å². The van der Waals surface area contributed by atoms with Gasteiger partial charge in [0, 0.05) is 18.4 Å². The molecule has 0 aromatic heterocycles. The molecule has 1 heterocycles. The summed E-state index contributed by atoms with van der Waals surface area (Å²) >= 11 is 3.56. The molecule has 0 atom stereocenters. The zero-order valence-electron chi connectivity index (χ0n) is 8.91. The van der Waals surface area contributed by atoms with Crippen LogP contribution in [0.4, 0.5) is 0 Å². The van der Waals surface area contributed by atoms with Crippen molar-refractivity contribution in [1.29, 1.82) is 0 Å². The largest absolute Gasteiger partial charge is 0.302 e. The van der Waals surface area contributed by atoms with Gasteiger partial charge in [0.15, 0.2) is 9.84 Å². The Morgan fingerprint density at radius 1 is 1.20 bits per heavy atom. The van der Waals surface area contributed by atoms with Gasteiger partial charge in [-0.2, -0.15) is 0 Å². The van der Waals surface area contributed by atoms with Crippen LogP contribution in [0.3, 0.4) is 0 Å². The molecule has 0 aromatic rings. The van der Waals surface area contributed by atoms with E-state index in [2.05, 4.69) is 20.8 Å². The molecule has 3 nitrogen and oxygen atoms in total. The molecule has 1 saturated carbocycles. The predicted octanol–water partition coefficient (Wildman–Crippen LogP) is 1.28. The van der Waals surface area contributed by atoms with Gasteiger partial charge in [0.25, 0.3) is 0 Å². The second kappa shape index (κ2) is 4.34. The molecule has 0 unspecified atom stereocenters. The van der Waals surface area contributed by atoms with E-state index in [4.69, 9.17) is 0 Å². The van der Waals surface area contributed by atoms with E-state index < -0.39 is 9.84 Å². The second-order valence-electron chi connectivity index (χ2n) is 4.92. The van der Waals surface area contributed by atoms with E-state index in [1.807, 2.05) is 0 Å². The molecule has 2 fully saturated rings. The average molecular weight is 296 g/mol. The second-order valence-corrected chi connectivity index (χ2v) is 7.78. The lowest BCUT2D eigenvalue weighted by Gasteiger charge is -2.24. The van der Waals surface area contributed by atoms with Crippen LogP contribution < -0.4 is 0 Å². The Bertz CT molecular complexity index is 324. The van der Waals surface area contributed by atoms with E-state index in [0.29, 0.717) is 16.9 Å². The molecule has 2 rings (SSSR count). The number of hydrogen-bond donors (Lipinski definition) is 0. The highest BCUT2D eigenvalue weighted by Gasteiger charge is 2.42. The molecule has 15 heavy (non-hydrogen) atoms. The van der Waals surface area contributed by atoms with E-state index in [1.54, 1.807) is 0 Å². The first-order valence-electron chi connectivity index (χ1n) is 5.54. The van der Waals surface area contributed by atoms with E-state index in [-0.39, 0.29) is 0 Å². The van der Waals surface area contributed by atoms with Crippen molar-refractivity contribution < 1.29 is 8.42 Å². The van der Waals surface area contributed by atoms with E-state index in [9.17, 15) is 8.42 Å². The van der Waals surface area contributed by atoms with Crippen molar-refractivity contribution >= 4 is 25.8 Å². The summed E-state index contributed by atoms with van der Waals surface area (Å²) < 4.78 is 22.9. The van der Waals surface area contributed by atoms with Gasteiger partial charge in [0.1, 0.15) is 0 Å². The molecular weight excluding hydrogens is 278 g/mol. The number of alkyl halides is 1. The van der Waals surface area contributed by atoms with E-state index in [1.165, 1.54) is 12.8 Å². The number of nitrogens with zero attached hydrogens (tertiary/aromatic N) is 1. The Morgan fingerprint density at radius 2 is 1.93 bits per heavy atom. The number of hydrogen-bond acceptors (Lipinski definition) is 3. The van der Waals surface area contributed by atoms with Crippen LogP contribution in [0.25, 0.3) is 0 Å². The average Bonchev–Trinajstić information content (AvgIpc) is 2.95. The van der Waals surface area contributed by atoms with Gasteiger partial charge in [-0.3, -0.25) is 0 Å². The van der Waals surface area contributed by atoms with E-state index in [0.717, 1.165) is 31.4 Å². The maximum absolute atomic E-state index is 11.4. The lowest BCUT2D eigenvalue weighted by Crippen LogP contribution is -2.33. The molecule has 0 amide bonds. The third-order valence-electron chi connectivity index (χ3n) is 3.45. The van der Waals surface area contributed by atoms with Gasteiger partial charge >= 0.3 is 0 Å². The van der Waals surface area contributed by atoms with Gasteiger partial charge in [-0.25, -0.2) is 8.42 Å². The topological polar surface area (TPSA) is 37.4 Å². The predicted molar refractivity (Wildman–Crippen MR) is 65.2 cm³/mol. The normalized spacial score (nSPS) is 29.7. The first-order chi connectivity index (χ1) is 7.05. The SMILES string of the molecule is O=S1(=O)CCCN(CC2(CBr)CC2)CC1. The zero-order valence-corrected chi connectivity index (χ0v) is 11.3. The standard InChI is InChI=1S/C10H18BrNO2S/c11-8-10(2-3-10)9-12-4-1-6-15(13,14)7-5-12/h1-9H2. The van der Waals surface area contributed by atoms with Crippen molar-refractivity contribution in [2.75, 3.05) is 36.5 Å². The van der Waals surface area contributed by atoms with Crippen LogP contribution in [0.2, 0.25) is 0 Å². The quantitative estimate of drug-likeness (QED) is 0.736. The molecule has 1 aliphatic carbocycles. The minimum Gasteiger partial charge on any atom is -0.302 e. The lowest BCUT2D eigenvalue weighted by molar-refractivity contribution is 0.247. The smallest absolute Gasteiger partial charge is 0.151 e. The van der Waals surface area contributed by atoms with E-state index >= 15 is 0 Å². The Morgan fingerprint density at radius 3 is 2.53 bits per heavy atom. The highest BCUT2D eigenvalue weighted by Crippen LogP contribution is 2.47. The molecule has 0 bridgehead atoms. The van der Waals surface area contributed by atoms with Gasteiger partial charge in [0.2, 0.25) is 0 Å². The fraction of sp³-hybridized carbons (Fsp3) is 1.00. The van der Waals surface area contributed by atoms with Crippen molar-refractivity contribution in [1.82, 2.24) is 4.90 Å². The number of halogens is 1. The van der Waals surface area contributed by atoms with Crippen LogP contribution in [-0.4, -0.2) is 49.8 Å². The molecule has 88 valence electrons. The Balaban J connectivity index is 1.89. The molecule has 5 heteroatoms. The molecule has 1 aliphatic heterocycles. The number of sulfone groups is 1. The summed E-state index contributed by atoms with van der Waals surface area (Å²) in [6, 6.07) is 0. The third-order valence-corrected chi connectivity index (χ3v) is 6.35.